The number of carbonyl (C=O) groups excluding carboxylic acids is 1. The second-order valence-electron chi connectivity index (χ2n) is 5.63. The van der Waals surface area contributed by atoms with Gasteiger partial charge in [-0.05, 0) is 12.1 Å². The van der Waals surface area contributed by atoms with Gasteiger partial charge in [0.15, 0.2) is 5.82 Å². The van der Waals surface area contributed by atoms with Gasteiger partial charge in [-0.25, -0.2) is 13.2 Å². The molecule has 0 aromatic heterocycles. The van der Waals surface area contributed by atoms with Crippen LogP contribution in [0.15, 0.2) is 42.5 Å². The predicted octanol–water partition coefficient (Wildman–Crippen LogP) is 4.08. The Hall–Kier alpha value is -2.05. The second-order valence-corrected chi connectivity index (χ2v) is 6.04. The van der Waals surface area contributed by atoms with Crippen molar-refractivity contribution in [3.8, 4) is 11.1 Å². The number of hydrogen-bond acceptors (Lipinski definition) is 2. The van der Waals surface area contributed by atoms with Gasteiger partial charge in [-0.2, -0.15) is 0 Å². The van der Waals surface area contributed by atoms with Gasteiger partial charge in [-0.1, -0.05) is 41.9 Å². The van der Waals surface area contributed by atoms with E-state index in [1.807, 2.05) is 0 Å². The van der Waals surface area contributed by atoms with Crippen molar-refractivity contribution in [3.05, 3.63) is 53.3 Å². The van der Waals surface area contributed by atoms with Crippen LogP contribution in [0.1, 0.15) is 6.42 Å². The Morgan fingerprint density at radius 2 is 1.88 bits per heavy atom. The Bertz CT molecular complexity index is 782. The molecule has 1 saturated heterocycles. The second kappa shape index (κ2) is 6.45. The summed E-state index contributed by atoms with van der Waals surface area (Å²) in [5.41, 5.74) is 0.635. The first-order valence-corrected chi connectivity index (χ1v) is 7.71. The number of amides is 1. The topological polar surface area (TPSA) is 41.1 Å². The van der Waals surface area contributed by atoms with Crippen LogP contribution in [0, 0.1) is 5.82 Å². The molecular weight excluding hydrogens is 341 g/mol. The zero-order valence-electron chi connectivity index (χ0n) is 12.5. The van der Waals surface area contributed by atoms with Crippen molar-refractivity contribution in [3.63, 3.8) is 0 Å². The molecule has 1 heterocycles. The monoisotopic (exact) mass is 354 g/mol. The van der Waals surface area contributed by atoms with Gasteiger partial charge >= 0.3 is 0 Å². The third kappa shape index (κ3) is 3.39. The van der Waals surface area contributed by atoms with Gasteiger partial charge in [0.25, 0.3) is 5.92 Å². The van der Waals surface area contributed by atoms with Crippen LogP contribution >= 0.6 is 11.6 Å². The summed E-state index contributed by atoms with van der Waals surface area (Å²) >= 11 is 6.08. The summed E-state index contributed by atoms with van der Waals surface area (Å²) in [4.78, 5) is 12.1. The Balaban J connectivity index is 1.84. The number of hydrogen-bond donors (Lipinski definition) is 2. The molecule has 0 unspecified atom stereocenters. The van der Waals surface area contributed by atoms with Crippen molar-refractivity contribution in [1.29, 1.82) is 0 Å². The van der Waals surface area contributed by atoms with Crippen molar-refractivity contribution in [2.45, 2.75) is 18.4 Å². The Morgan fingerprint density at radius 3 is 2.54 bits per heavy atom. The van der Waals surface area contributed by atoms with Crippen LogP contribution in [-0.4, -0.2) is 24.4 Å². The SMILES string of the molecule is O=C(Nc1cccc(-c2ccccc2Cl)c1F)[C@@H]1CC(F)(F)CN1. The molecule has 1 atom stereocenters. The summed E-state index contributed by atoms with van der Waals surface area (Å²) in [6, 6.07) is 10.2. The molecule has 0 spiro atoms. The number of rotatable bonds is 3. The van der Waals surface area contributed by atoms with Gasteiger partial charge in [0.1, 0.15) is 0 Å². The van der Waals surface area contributed by atoms with Crippen LogP contribution in [0.2, 0.25) is 5.02 Å². The maximum atomic E-state index is 14.7. The number of halogens is 4. The van der Waals surface area contributed by atoms with E-state index in [0.717, 1.165) is 0 Å². The van der Waals surface area contributed by atoms with Gasteiger partial charge in [-0.3, -0.25) is 10.1 Å². The van der Waals surface area contributed by atoms with Crippen molar-refractivity contribution >= 4 is 23.2 Å². The summed E-state index contributed by atoms with van der Waals surface area (Å²) < 4.78 is 41.0. The molecule has 0 saturated carbocycles. The smallest absolute Gasteiger partial charge is 0.262 e. The molecular formula is C17H14ClF3N2O. The van der Waals surface area contributed by atoms with E-state index in [4.69, 9.17) is 11.6 Å². The van der Waals surface area contributed by atoms with Crippen LogP contribution in [0.3, 0.4) is 0 Å². The molecule has 1 aliphatic heterocycles. The lowest BCUT2D eigenvalue weighted by atomic mass is 10.0. The highest BCUT2D eigenvalue weighted by Crippen LogP contribution is 2.33. The zero-order chi connectivity index (χ0) is 17.3. The largest absolute Gasteiger partial charge is 0.322 e. The van der Waals surface area contributed by atoms with Gasteiger partial charge in [-0.15, -0.1) is 0 Å². The summed E-state index contributed by atoms with van der Waals surface area (Å²) in [7, 11) is 0. The van der Waals surface area contributed by atoms with Crippen molar-refractivity contribution in [2.75, 3.05) is 11.9 Å². The molecule has 126 valence electrons. The fourth-order valence-corrected chi connectivity index (χ4v) is 2.87. The van der Waals surface area contributed by atoms with Crippen molar-refractivity contribution in [1.82, 2.24) is 5.32 Å². The number of anilines is 1. The summed E-state index contributed by atoms with van der Waals surface area (Å²) in [5, 5.41) is 5.18. The van der Waals surface area contributed by atoms with Crippen LogP contribution in [0.4, 0.5) is 18.9 Å². The molecule has 3 rings (SSSR count). The molecule has 2 aromatic rings. The molecule has 24 heavy (non-hydrogen) atoms. The van der Waals surface area contributed by atoms with E-state index in [1.165, 1.54) is 12.1 Å². The third-order valence-corrected chi connectivity index (χ3v) is 4.18. The quantitative estimate of drug-likeness (QED) is 0.872. The molecule has 1 amide bonds. The summed E-state index contributed by atoms with van der Waals surface area (Å²) in [5.74, 6) is -4.29. The zero-order valence-corrected chi connectivity index (χ0v) is 13.2. The molecule has 3 nitrogen and oxygen atoms in total. The molecule has 2 aromatic carbocycles. The Morgan fingerprint density at radius 1 is 1.17 bits per heavy atom. The van der Waals surface area contributed by atoms with E-state index in [1.54, 1.807) is 30.3 Å². The van der Waals surface area contributed by atoms with Crippen LogP contribution < -0.4 is 10.6 Å². The normalized spacial score (nSPS) is 19.2. The van der Waals surface area contributed by atoms with E-state index in [2.05, 4.69) is 10.6 Å². The summed E-state index contributed by atoms with van der Waals surface area (Å²) in [6.45, 7) is -0.562. The highest BCUT2D eigenvalue weighted by atomic mass is 35.5. The minimum atomic E-state index is -2.93. The first-order valence-electron chi connectivity index (χ1n) is 7.33. The first kappa shape index (κ1) is 16.8. The van der Waals surface area contributed by atoms with Gasteiger partial charge in [0.05, 0.1) is 18.3 Å². The van der Waals surface area contributed by atoms with E-state index >= 15 is 0 Å². The standard InChI is InChI=1S/C17H14ClF3N2O/c18-12-6-2-1-4-10(12)11-5-3-7-13(15(11)19)23-16(24)14-8-17(20,21)9-22-14/h1-7,14,22H,8-9H2,(H,23,24)/t14-/m0/s1. The Kier molecular flexibility index (Phi) is 4.51. The lowest BCUT2D eigenvalue weighted by molar-refractivity contribution is -0.118. The highest BCUT2D eigenvalue weighted by molar-refractivity contribution is 6.33. The molecule has 7 heteroatoms. The predicted molar refractivity (Wildman–Crippen MR) is 86.8 cm³/mol. The fourth-order valence-electron chi connectivity index (χ4n) is 2.64. The lowest BCUT2D eigenvalue weighted by Gasteiger charge is -2.14. The first-order chi connectivity index (χ1) is 11.4. The number of carbonyl (C=O) groups is 1. The van der Waals surface area contributed by atoms with Crippen LogP contribution in [0.25, 0.3) is 11.1 Å². The number of benzene rings is 2. The summed E-state index contributed by atoms with van der Waals surface area (Å²) in [6.07, 6.45) is -0.606. The highest BCUT2D eigenvalue weighted by Gasteiger charge is 2.42. The average molecular weight is 355 g/mol. The van der Waals surface area contributed by atoms with E-state index in [-0.39, 0.29) is 11.3 Å². The third-order valence-electron chi connectivity index (χ3n) is 3.85. The maximum Gasteiger partial charge on any atom is 0.262 e. The minimum Gasteiger partial charge on any atom is -0.322 e. The molecule has 2 N–H and O–H groups in total. The lowest BCUT2D eigenvalue weighted by Crippen LogP contribution is -2.35. The van der Waals surface area contributed by atoms with Gasteiger partial charge < -0.3 is 5.32 Å². The van der Waals surface area contributed by atoms with E-state index in [9.17, 15) is 18.0 Å². The van der Waals surface area contributed by atoms with E-state index in [0.29, 0.717) is 10.6 Å². The maximum absolute atomic E-state index is 14.7. The molecule has 0 bridgehead atoms. The van der Waals surface area contributed by atoms with Gasteiger partial charge in [0.2, 0.25) is 5.91 Å². The molecule has 0 aliphatic carbocycles. The van der Waals surface area contributed by atoms with Crippen LogP contribution in [0.5, 0.6) is 0 Å². The Labute approximate surface area is 141 Å². The molecule has 1 aliphatic rings. The number of nitrogens with one attached hydrogen (secondary N) is 2. The van der Waals surface area contributed by atoms with Crippen LogP contribution in [-0.2, 0) is 4.79 Å². The van der Waals surface area contributed by atoms with Gasteiger partial charge in [0, 0.05) is 22.6 Å². The fraction of sp³-hybridized carbons (Fsp3) is 0.235. The molecule has 0 radical (unpaired) electrons. The average Bonchev–Trinajstić information content (AvgIpc) is 2.90. The van der Waals surface area contributed by atoms with E-state index < -0.39 is 36.7 Å². The van der Waals surface area contributed by atoms with Crippen molar-refractivity contribution < 1.29 is 18.0 Å². The van der Waals surface area contributed by atoms with Crippen molar-refractivity contribution in [2.24, 2.45) is 0 Å². The minimum absolute atomic E-state index is 0.0746. The molecule has 1 fully saturated rings. The number of alkyl halides is 2.